The minimum atomic E-state index is 0.238. The standard InChI is InChI=1S/C13H22N2S2/c1-11(14)9-12-3-5-13(6-4-12)10-15-7-8-17-16-2/h3-6,11,15H,7-10,14H2,1-2H3. The average Bonchev–Trinajstić information content (AvgIpc) is 2.30. The predicted octanol–water partition coefficient (Wildman–Crippen LogP) is 2.68. The van der Waals surface area contributed by atoms with Crippen molar-refractivity contribution >= 4 is 21.6 Å². The Labute approximate surface area is 113 Å². The van der Waals surface area contributed by atoms with Gasteiger partial charge in [0.2, 0.25) is 0 Å². The van der Waals surface area contributed by atoms with Crippen molar-refractivity contribution in [2.45, 2.75) is 25.9 Å². The number of nitrogens with two attached hydrogens (primary N) is 1. The summed E-state index contributed by atoms with van der Waals surface area (Å²) in [6, 6.07) is 8.97. The first-order valence-corrected chi connectivity index (χ1v) is 8.65. The summed E-state index contributed by atoms with van der Waals surface area (Å²) >= 11 is 0. The summed E-state index contributed by atoms with van der Waals surface area (Å²) in [6.07, 6.45) is 3.07. The van der Waals surface area contributed by atoms with Gasteiger partial charge < -0.3 is 11.1 Å². The van der Waals surface area contributed by atoms with Crippen molar-refractivity contribution in [2.75, 3.05) is 18.6 Å². The van der Waals surface area contributed by atoms with E-state index in [1.54, 1.807) is 0 Å². The lowest BCUT2D eigenvalue weighted by atomic mass is 10.1. The average molecular weight is 270 g/mol. The maximum absolute atomic E-state index is 5.77. The SMILES string of the molecule is CSSCCNCc1ccc(CC(C)N)cc1. The first-order chi connectivity index (χ1) is 8.22. The fraction of sp³-hybridized carbons (Fsp3) is 0.538. The molecular formula is C13H22N2S2. The molecule has 0 bridgehead atoms. The highest BCUT2D eigenvalue weighted by molar-refractivity contribution is 8.76. The Morgan fingerprint density at radius 1 is 1.24 bits per heavy atom. The van der Waals surface area contributed by atoms with Crippen LogP contribution in [0.5, 0.6) is 0 Å². The third-order valence-electron chi connectivity index (χ3n) is 2.39. The summed E-state index contributed by atoms with van der Waals surface area (Å²) < 4.78 is 0. The Kier molecular flexibility index (Phi) is 7.77. The lowest BCUT2D eigenvalue weighted by Crippen LogP contribution is -2.18. The van der Waals surface area contributed by atoms with Gasteiger partial charge >= 0.3 is 0 Å². The van der Waals surface area contributed by atoms with E-state index < -0.39 is 0 Å². The highest BCUT2D eigenvalue weighted by Crippen LogP contribution is 2.15. The second-order valence-corrected chi connectivity index (χ2v) is 6.85. The van der Waals surface area contributed by atoms with E-state index in [1.807, 2.05) is 28.5 Å². The minimum absolute atomic E-state index is 0.238. The van der Waals surface area contributed by atoms with Gasteiger partial charge in [-0.1, -0.05) is 45.9 Å². The molecule has 1 unspecified atom stereocenters. The van der Waals surface area contributed by atoms with E-state index in [0.29, 0.717) is 0 Å². The van der Waals surface area contributed by atoms with E-state index in [4.69, 9.17) is 5.73 Å². The fourth-order valence-corrected chi connectivity index (χ4v) is 2.74. The molecule has 0 aliphatic carbocycles. The number of rotatable bonds is 8. The molecule has 0 aromatic heterocycles. The number of hydrogen-bond donors (Lipinski definition) is 2. The molecule has 0 spiro atoms. The Morgan fingerprint density at radius 3 is 2.47 bits per heavy atom. The topological polar surface area (TPSA) is 38.0 Å². The van der Waals surface area contributed by atoms with E-state index in [0.717, 1.165) is 25.3 Å². The molecule has 0 radical (unpaired) electrons. The van der Waals surface area contributed by atoms with Gasteiger partial charge in [-0.2, -0.15) is 0 Å². The van der Waals surface area contributed by atoms with Crippen LogP contribution in [0.15, 0.2) is 24.3 Å². The number of hydrogen-bond acceptors (Lipinski definition) is 4. The van der Waals surface area contributed by atoms with Crippen LogP contribution >= 0.6 is 21.6 Å². The maximum Gasteiger partial charge on any atom is 0.0205 e. The van der Waals surface area contributed by atoms with Crippen molar-refractivity contribution in [3.63, 3.8) is 0 Å². The van der Waals surface area contributed by atoms with Crippen molar-refractivity contribution in [1.29, 1.82) is 0 Å². The van der Waals surface area contributed by atoms with Crippen LogP contribution in [0.4, 0.5) is 0 Å². The van der Waals surface area contributed by atoms with Crippen LogP contribution in [0, 0.1) is 0 Å². The van der Waals surface area contributed by atoms with Crippen LogP contribution in [0.25, 0.3) is 0 Å². The van der Waals surface area contributed by atoms with Gasteiger partial charge in [-0.15, -0.1) is 0 Å². The van der Waals surface area contributed by atoms with Crippen molar-refractivity contribution < 1.29 is 0 Å². The van der Waals surface area contributed by atoms with Crippen molar-refractivity contribution in [1.82, 2.24) is 5.32 Å². The molecular weight excluding hydrogens is 248 g/mol. The zero-order valence-corrected chi connectivity index (χ0v) is 12.2. The molecule has 0 saturated heterocycles. The smallest absolute Gasteiger partial charge is 0.0205 e. The molecule has 4 heteroatoms. The van der Waals surface area contributed by atoms with Gasteiger partial charge in [-0.3, -0.25) is 0 Å². The highest BCUT2D eigenvalue weighted by Gasteiger charge is 1.98. The van der Waals surface area contributed by atoms with E-state index in [-0.39, 0.29) is 6.04 Å². The third kappa shape index (κ3) is 6.99. The van der Waals surface area contributed by atoms with Crippen LogP contribution in [-0.2, 0) is 13.0 Å². The second kappa shape index (κ2) is 8.86. The van der Waals surface area contributed by atoms with Gasteiger partial charge in [0.1, 0.15) is 0 Å². The van der Waals surface area contributed by atoms with Gasteiger partial charge in [0.15, 0.2) is 0 Å². The first kappa shape index (κ1) is 14.9. The molecule has 0 amide bonds. The molecule has 1 atom stereocenters. The molecule has 1 aromatic carbocycles. The summed E-state index contributed by atoms with van der Waals surface area (Å²) in [5.74, 6) is 1.16. The molecule has 0 aliphatic rings. The maximum atomic E-state index is 5.77. The lowest BCUT2D eigenvalue weighted by molar-refractivity contribution is 0.726. The van der Waals surface area contributed by atoms with Gasteiger partial charge in [0.05, 0.1) is 0 Å². The summed E-state index contributed by atoms with van der Waals surface area (Å²) in [5.41, 5.74) is 8.43. The van der Waals surface area contributed by atoms with Crippen LogP contribution in [0.1, 0.15) is 18.1 Å². The highest BCUT2D eigenvalue weighted by atomic mass is 33.1. The van der Waals surface area contributed by atoms with Crippen LogP contribution < -0.4 is 11.1 Å². The third-order valence-corrected chi connectivity index (χ3v) is 4.20. The van der Waals surface area contributed by atoms with Crippen LogP contribution in [-0.4, -0.2) is 24.6 Å². The van der Waals surface area contributed by atoms with Crippen LogP contribution in [0.3, 0.4) is 0 Å². The van der Waals surface area contributed by atoms with Crippen molar-refractivity contribution in [3.05, 3.63) is 35.4 Å². The molecule has 1 rings (SSSR count). The molecule has 17 heavy (non-hydrogen) atoms. The van der Waals surface area contributed by atoms with E-state index in [1.165, 1.54) is 11.1 Å². The van der Waals surface area contributed by atoms with Gasteiger partial charge in [-0.05, 0) is 30.7 Å². The van der Waals surface area contributed by atoms with Gasteiger partial charge in [0, 0.05) is 24.9 Å². The monoisotopic (exact) mass is 270 g/mol. The lowest BCUT2D eigenvalue weighted by Gasteiger charge is -2.07. The largest absolute Gasteiger partial charge is 0.328 e. The van der Waals surface area contributed by atoms with E-state index in [2.05, 4.69) is 35.8 Å². The van der Waals surface area contributed by atoms with Gasteiger partial charge in [0.25, 0.3) is 0 Å². The van der Waals surface area contributed by atoms with Crippen LogP contribution in [0.2, 0.25) is 0 Å². The normalized spacial score (nSPS) is 12.6. The Balaban J connectivity index is 2.25. The number of benzene rings is 1. The number of nitrogens with one attached hydrogen (secondary N) is 1. The summed E-state index contributed by atoms with van der Waals surface area (Å²) in [4.78, 5) is 0. The van der Waals surface area contributed by atoms with E-state index in [9.17, 15) is 0 Å². The van der Waals surface area contributed by atoms with E-state index >= 15 is 0 Å². The first-order valence-electron chi connectivity index (χ1n) is 5.92. The molecule has 0 saturated carbocycles. The summed E-state index contributed by atoms with van der Waals surface area (Å²) in [5, 5.41) is 3.44. The molecule has 0 fully saturated rings. The summed E-state index contributed by atoms with van der Waals surface area (Å²) in [6.45, 7) is 4.05. The Morgan fingerprint density at radius 2 is 1.88 bits per heavy atom. The quantitative estimate of drug-likeness (QED) is 0.563. The molecule has 0 aliphatic heterocycles. The second-order valence-electron chi connectivity index (χ2n) is 4.16. The molecule has 1 aromatic rings. The van der Waals surface area contributed by atoms with Gasteiger partial charge in [-0.25, -0.2) is 0 Å². The molecule has 3 N–H and O–H groups in total. The molecule has 96 valence electrons. The Bertz CT molecular complexity index is 299. The molecule has 2 nitrogen and oxygen atoms in total. The Hall–Kier alpha value is -0.160. The van der Waals surface area contributed by atoms with Crippen molar-refractivity contribution in [3.8, 4) is 0 Å². The zero-order chi connectivity index (χ0) is 12.5. The van der Waals surface area contributed by atoms with Crippen molar-refractivity contribution in [2.24, 2.45) is 5.73 Å². The molecule has 0 heterocycles. The summed E-state index contributed by atoms with van der Waals surface area (Å²) in [7, 11) is 3.71. The minimum Gasteiger partial charge on any atom is -0.328 e. The predicted molar refractivity (Wildman–Crippen MR) is 81.5 cm³/mol. The fourth-order valence-electron chi connectivity index (χ4n) is 1.59. The zero-order valence-electron chi connectivity index (χ0n) is 10.6.